The van der Waals surface area contributed by atoms with Crippen LogP contribution in [-0.2, 0) is 16.0 Å². The lowest BCUT2D eigenvalue weighted by Gasteiger charge is -2.21. The number of carbonyl (C=O) groups is 2. The predicted octanol–water partition coefficient (Wildman–Crippen LogP) is 3.70. The van der Waals surface area contributed by atoms with Gasteiger partial charge in [-0.1, -0.05) is 26.2 Å². The third-order valence-electron chi connectivity index (χ3n) is 7.36. The van der Waals surface area contributed by atoms with Gasteiger partial charge >= 0.3 is 0 Å². The normalized spacial score (nSPS) is 19.6. The molecule has 32 heavy (non-hydrogen) atoms. The molecule has 0 radical (unpaired) electrons. The van der Waals surface area contributed by atoms with Gasteiger partial charge in [0.05, 0.1) is 5.69 Å². The van der Waals surface area contributed by atoms with E-state index in [0.717, 1.165) is 54.3 Å². The highest BCUT2D eigenvalue weighted by molar-refractivity contribution is 5.76. The summed E-state index contributed by atoms with van der Waals surface area (Å²) in [5.74, 6) is 1.25. The fourth-order valence-corrected chi connectivity index (χ4v) is 5.33. The Morgan fingerprint density at radius 3 is 2.69 bits per heavy atom. The van der Waals surface area contributed by atoms with E-state index in [2.05, 4.69) is 18.3 Å². The number of hydrogen-bond donors (Lipinski definition) is 1. The van der Waals surface area contributed by atoms with E-state index in [4.69, 9.17) is 10.1 Å². The van der Waals surface area contributed by atoms with Gasteiger partial charge in [0.1, 0.15) is 0 Å². The second-order valence-corrected chi connectivity index (χ2v) is 9.59. The number of amides is 2. The highest BCUT2D eigenvalue weighted by Crippen LogP contribution is 2.28. The maximum atomic E-state index is 12.4. The summed E-state index contributed by atoms with van der Waals surface area (Å²) in [6.45, 7) is 8.35. The molecule has 2 aromatic rings. The van der Waals surface area contributed by atoms with Crippen molar-refractivity contribution in [3.8, 4) is 0 Å². The van der Waals surface area contributed by atoms with Crippen molar-refractivity contribution >= 4 is 17.5 Å². The minimum Gasteiger partial charge on any atom is -0.356 e. The second kappa shape index (κ2) is 10.0. The van der Waals surface area contributed by atoms with E-state index in [1.807, 2.05) is 23.3 Å². The summed E-state index contributed by atoms with van der Waals surface area (Å²) in [6.07, 6.45) is 9.06. The SMILES string of the molecule is CCC(=O)N1CC[C@H](c2cc3nc(C)c(CCC(=O)NCC4CCCCC4)c(C)n3n2)C1. The number of fused-ring (bicyclic) bond motifs is 1. The maximum absolute atomic E-state index is 12.4. The van der Waals surface area contributed by atoms with Crippen molar-refractivity contribution in [1.82, 2.24) is 24.8 Å². The average molecular weight is 440 g/mol. The lowest BCUT2D eigenvalue weighted by atomic mass is 9.89. The standard InChI is InChI=1S/C25H37N5O2/c1-4-25(32)29-13-12-20(16-29)22-14-23-27-17(2)21(18(3)30(23)28-22)10-11-24(31)26-15-19-8-6-5-7-9-19/h14,19-20H,4-13,15-16H2,1-3H3,(H,26,31)/t20-/m0/s1. The van der Waals surface area contributed by atoms with Gasteiger partial charge < -0.3 is 10.2 Å². The smallest absolute Gasteiger partial charge is 0.222 e. The lowest BCUT2D eigenvalue weighted by molar-refractivity contribution is -0.129. The topological polar surface area (TPSA) is 79.6 Å². The van der Waals surface area contributed by atoms with E-state index < -0.39 is 0 Å². The summed E-state index contributed by atoms with van der Waals surface area (Å²) in [4.78, 5) is 31.2. The lowest BCUT2D eigenvalue weighted by Crippen LogP contribution is -2.30. The Balaban J connectivity index is 1.40. The molecule has 2 aromatic heterocycles. The molecule has 3 heterocycles. The Kier molecular flexibility index (Phi) is 7.11. The molecule has 1 saturated heterocycles. The largest absolute Gasteiger partial charge is 0.356 e. The van der Waals surface area contributed by atoms with Crippen LogP contribution in [0.5, 0.6) is 0 Å². The maximum Gasteiger partial charge on any atom is 0.222 e. The number of rotatable bonds is 7. The summed E-state index contributed by atoms with van der Waals surface area (Å²) < 4.78 is 1.92. The van der Waals surface area contributed by atoms with Crippen molar-refractivity contribution in [1.29, 1.82) is 0 Å². The Morgan fingerprint density at radius 2 is 1.94 bits per heavy atom. The van der Waals surface area contributed by atoms with Crippen molar-refractivity contribution in [3.63, 3.8) is 0 Å². The van der Waals surface area contributed by atoms with Gasteiger partial charge in [0, 0.05) is 55.8 Å². The molecule has 2 amide bonds. The summed E-state index contributed by atoms with van der Waals surface area (Å²) in [7, 11) is 0. The van der Waals surface area contributed by atoms with Crippen LogP contribution in [0, 0.1) is 19.8 Å². The quantitative estimate of drug-likeness (QED) is 0.713. The van der Waals surface area contributed by atoms with Crippen LogP contribution in [0.2, 0.25) is 0 Å². The van der Waals surface area contributed by atoms with Crippen molar-refractivity contribution in [2.75, 3.05) is 19.6 Å². The zero-order valence-electron chi connectivity index (χ0n) is 19.8. The van der Waals surface area contributed by atoms with Crippen molar-refractivity contribution in [2.45, 2.75) is 84.5 Å². The van der Waals surface area contributed by atoms with Crippen LogP contribution >= 0.6 is 0 Å². The molecule has 2 aliphatic rings. The predicted molar refractivity (Wildman–Crippen MR) is 125 cm³/mol. The fraction of sp³-hybridized carbons (Fsp3) is 0.680. The molecule has 1 saturated carbocycles. The minimum atomic E-state index is 0.127. The first-order valence-electron chi connectivity index (χ1n) is 12.4. The fourth-order valence-electron chi connectivity index (χ4n) is 5.33. The minimum absolute atomic E-state index is 0.127. The van der Waals surface area contributed by atoms with Crippen LogP contribution in [0.25, 0.3) is 5.65 Å². The van der Waals surface area contributed by atoms with Crippen LogP contribution in [0.4, 0.5) is 0 Å². The first-order chi connectivity index (χ1) is 15.5. The van der Waals surface area contributed by atoms with Crippen LogP contribution in [0.15, 0.2) is 6.07 Å². The van der Waals surface area contributed by atoms with Gasteiger partial charge in [-0.2, -0.15) is 5.10 Å². The zero-order valence-corrected chi connectivity index (χ0v) is 19.8. The number of hydrogen-bond acceptors (Lipinski definition) is 4. The highest BCUT2D eigenvalue weighted by Gasteiger charge is 2.28. The molecule has 174 valence electrons. The van der Waals surface area contributed by atoms with Gasteiger partial charge in [-0.25, -0.2) is 9.50 Å². The molecule has 1 N–H and O–H groups in total. The van der Waals surface area contributed by atoms with Crippen molar-refractivity contribution in [2.24, 2.45) is 5.92 Å². The first kappa shape index (κ1) is 22.7. The summed E-state index contributed by atoms with van der Waals surface area (Å²) >= 11 is 0. The van der Waals surface area contributed by atoms with Gasteiger partial charge in [-0.3, -0.25) is 9.59 Å². The van der Waals surface area contributed by atoms with Gasteiger partial charge in [0.15, 0.2) is 5.65 Å². The van der Waals surface area contributed by atoms with Gasteiger partial charge in [0.25, 0.3) is 0 Å². The molecule has 1 atom stereocenters. The van der Waals surface area contributed by atoms with E-state index >= 15 is 0 Å². The van der Waals surface area contributed by atoms with E-state index in [0.29, 0.717) is 25.2 Å². The Labute approximate surface area is 191 Å². The van der Waals surface area contributed by atoms with E-state index in [1.165, 1.54) is 32.1 Å². The third kappa shape index (κ3) is 4.97. The molecule has 4 rings (SSSR count). The molecule has 7 heteroatoms. The number of likely N-dealkylation sites (tertiary alicyclic amines) is 1. The number of aryl methyl sites for hydroxylation is 2. The number of aromatic nitrogens is 3. The summed E-state index contributed by atoms with van der Waals surface area (Å²) in [5, 5.41) is 8.00. The molecule has 2 fully saturated rings. The molecule has 1 aliphatic carbocycles. The monoisotopic (exact) mass is 439 g/mol. The second-order valence-electron chi connectivity index (χ2n) is 9.59. The molecule has 0 bridgehead atoms. The molecule has 1 aliphatic heterocycles. The summed E-state index contributed by atoms with van der Waals surface area (Å²) in [6, 6.07) is 2.06. The highest BCUT2D eigenvalue weighted by atomic mass is 16.2. The third-order valence-corrected chi connectivity index (χ3v) is 7.36. The van der Waals surface area contributed by atoms with Gasteiger partial charge in [-0.05, 0) is 51.0 Å². The Hall–Kier alpha value is -2.44. The van der Waals surface area contributed by atoms with Crippen molar-refractivity contribution < 1.29 is 9.59 Å². The van der Waals surface area contributed by atoms with Crippen LogP contribution in [0.3, 0.4) is 0 Å². The van der Waals surface area contributed by atoms with E-state index in [9.17, 15) is 9.59 Å². The molecule has 0 spiro atoms. The van der Waals surface area contributed by atoms with E-state index in [-0.39, 0.29) is 17.7 Å². The molecule has 7 nitrogen and oxygen atoms in total. The summed E-state index contributed by atoms with van der Waals surface area (Å²) in [5.41, 5.74) is 4.98. The number of nitrogens with one attached hydrogen (secondary N) is 1. The number of nitrogens with zero attached hydrogens (tertiary/aromatic N) is 4. The van der Waals surface area contributed by atoms with Crippen molar-refractivity contribution in [3.05, 3.63) is 28.7 Å². The van der Waals surface area contributed by atoms with Crippen LogP contribution in [0.1, 0.15) is 86.9 Å². The Bertz CT molecular complexity index is 976. The van der Waals surface area contributed by atoms with Crippen LogP contribution < -0.4 is 5.32 Å². The first-order valence-corrected chi connectivity index (χ1v) is 12.4. The van der Waals surface area contributed by atoms with Gasteiger partial charge in [0.2, 0.25) is 11.8 Å². The Morgan fingerprint density at radius 1 is 1.16 bits per heavy atom. The zero-order chi connectivity index (χ0) is 22.7. The molecular weight excluding hydrogens is 402 g/mol. The molecule has 0 unspecified atom stereocenters. The van der Waals surface area contributed by atoms with E-state index in [1.54, 1.807) is 0 Å². The van der Waals surface area contributed by atoms with Crippen LogP contribution in [-0.4, -0.2) is 50.9 Å². The number of carbonyl (C=O) groups excluding carboxylic acids is 2. The molecular formula is C25H37N5O2. The molecule has 0 aromatic carbocycles. The average Bonchev–Trinajstić information content (AvgIpc) is 3.45. The van der Waals surface area contributed by atoms with Gasteiger partial charge in [-0.15, -0.1) is 0 Å².